The zero-order valence-electron chi connectivity index (χ0n) is 6.21. The maximum absolute atomic E-state index is 10.4. The van der Waals surface area contributed by atoms with E-state index in [2.05, 4.69) is 0 Å². The van der Waals surface area contributed by atoms with Crippen LogP contribution in [0.1, 0.15) is 0 Å². The van der Waals surface area contributed by atoms with Gasteiger partial charge in [0, 0.05) is 0 Å². The minimum Gasteiger partial charge on any atom is -0.324 e. The molecule has 0 unspecified atom stereocenters. The summed E-state index contributed by atoms with van der Waals surface area (Å²) in [6.45, 7) is -0.308. The minimum atomic E-state index is -4.16. The third-order valence-corrected chi connectivity index (χ3v) is 1.74. The van der Waals surface area contributed by atoms with E-state index in [1.807, 2.05) is 0 Å². The molecule has 0 aliphatic carbocycles. The van der Waals surface area contributed by atoms with Gasteiger partial charge in [-0.3, -0.25) is 9.46 Å². The summed E-state index contributed by atoms with van der Waals surface area (Å²) >= 11 is 0. The summed E-state index contributed by atoms with van der Waals surface area (Å²) in [5, 5.41) is 16.4. The zero-order chi connectivity index (χ0) is 9.61. The van der Waals surface area contributed by atoms with Gasteiger partial charge in [-0.2, -0.15) is 10.5 Å². The van der Waals surface area contributed by atoms with Crippen LogP contribution in [0.5, 0.6) is 0 Å². The highest BCUT2D eigenvalue weighted by Crippen LogP contribution is 2.34. The lowest BCUT2D eigenvalue weighted by atomic mass is 10.6. The summed E-state index contributed by atoms with van der Waals surface area (Å²) in [6, 6.07) is 3.41. The number of hydrogen-bond acceptors (Lipinski definition) is 4. The van der Waals surface area contributed by atoms with Gasteiger partial charge in [0.2, 0.25) is 0 Å². The Morgan fingerprint density at radius 2 is 1.67 bits per heavy atom. The van der Waals surface area contributed by atoms with Gasteiger partial charge in [-0.1, -0.05) is 0 Å². The fourth-order valence-electron chi connectivity index (χ4n) is 0.616. The molecule has 66 valence electrons. The zero-order valence-corrected chi connectivity index (χ0v) is 7.11. The number of nitriles is 2. The van der Waals surface area contributed by atoms with Crippen LogP contribution in [0.25, 0.3) is 0 Å². The second kappa shape index (κ2) is 4.87. The predicted molar refractivity (Wildman–Crippen MR) is 39.7 cm³/mol. The standard InChI is InChI=1S/C5H8N3O3P/c6-1-3-8(4-2-7)5-12(9,10)11/h3-5H2,(H2,9,10,11). The number of rotatable bonds is 4. The van der Waals surface area contributed by atoms with E-state index in [-0.39, 0.29) is 13.1 Å². The lowest BCUT2D eigenvalue weighted by molar-refractivity contribution is 0.316. The van der Waals surface area contributed by atoms with Crippen LogP contribution in [-0.4, -0.2) is 34.1 Å². The van der Waals surface area contributed by atoms with Gasteiger partial charge in [-0.25, -0.2) is 0 Å². The molecule has 0 atom stereocenters. The molecule has 0 aliphatic heterocycles. The minimum absolute atomic E-state index is 0.154. The van der Waals surface area contributed by atoms with Gasteiger partial charge in [-0.05, 0) is 0 Å². The van der Waals surface area contributed by atoms with Gasteiger partial charge in [-0.15, -0.1) is 0 Å². The van der Waals surface area contributed by atoms with Gasteiger partial charge in [0.05, 0.1) is 25.2 Å². The van der Waals surface area contributed by atoms with Crippen molar-refractivity contribution in [2.75, 3.05) is 19.4 Å². The number of hydrogen-bond donors (Lipinski definition) is 2. The molecule has 12 heavy (non-hydrogen) atoms. The Bertz CT molecular complexity index is 244. The molecule has 0 radical (unpaired) electrons. The Morgan fingerprint density at radius 3 is 1.92 bits per heavy atom. The summed E-state index contributed by atoms with van der Waals surface area (Å²) in [5.41, 5.74) is 0. The molecule has 0 heterocycles. The lowest BCUT2D eigenvalue weighted by Gasteiger charge is -2.14. The van der Waals surface area contributed by atoms with Crippen molar-refractivity contribution in [2.24, 2.45) is 0 Å². The summed E-state index contributed by atoms with van der Waals surface area (Å²) in [5.74, 6) is 0. The van der Waals surface area contributed by atoms with Crippen LogP contribution in [0.2, 0.25) is 0 Å². The van der Waals surface area contributed by atoms with Crippen molar-refractivity contribution in [2.45, 2.75) is 0 Å². The van der Waals surface area contributed by atoms with Crippen LogP contribution < -0.4 is 0 Å². The summed E-state index contributed by atoms with van der Waals surface area (Å²) in [7, 11) is -4.16. The Morgan fingerprint density at radius 1 is 1.25 bits per heavy atom. The van der Waals surface area contributed by atoms with E-state index in [1.54, 1.807) is 12.1 Å². The largest absolute Gasteiger partial charge is 0.339 e. The summed E-state index contributed by atoms with van der Waals surface area (Å²) in [6.07, 6.45) is -0.548. The van der Waals surface area contributed by atoms with Crippen LogP contribution in [0.4, 0.5) is 0 Å². The van der Waals surface area contributed by atoms with Crippen LogP contribution in [0.3, 0.4) is 0 Å². The third-order valence-electron chi connectivity index (χ3n) is 0.973. The van der Waals surface area contributed by atoms with E-state index >= 15 is 0 Å². The van der Waals surface area contributed by atoms with E-state index in [1.165, 1.54) is 0 Å². The van der Waals surface area contributed by atoms with E-state index in [4.69, 9.17) is 20.3 Å². The molecule has 0 aliphatic rings. The van der Waals surface area contributed by atoms with Crippen LogP contribution in [-0.2, 0) is 4.57 Å². The van der Waals surface area contributed by atoms with E-state index < -0.39 is 13.9 Å². The molecule has 7 heteroatoms. The van der Waals surface area contributed by atoms with E-state index in [9.17, 15) is 4.57 Å². The molecule has 0 rings (SSSR count). The molecule has 0 aromatic carbocycles. The molecule has 0 bridgehead atoms. The van der Waals surface area contributed by atoms with E-state index in [0.717, 1.165) is 4.90 Å². The molecule has 0 aromatic heterocycles. The first-order chi connectivity index (χ1) is 5.49. The Labute approximate surface area is 69.8 Å². The summed E-state index contributed by atoms with van der Waals surface area (Å²) < 4.78 is 10.4. The molecule has 2 N–H and O–H groups in total. The van der Waals surface area contributed by atoms with Crippen molar-refractivity contribution >= 4 is 7.60 Å². The van der Waals surface area contributed by atoms with Crippen LogP contribution in [0.15, 0.2) is 0 Å². The second-order valence-corrected chi connectivity index (χ2v) is 3.72. The lowest BCUT2D eigenvalue weighted by Crippen LogP contribution is -2.25. The molecule has 0 amide bonds. The maximum atomic E-state index is 10.4. The molecule has 0 saturated heterocycles. The van der Waals surface area contributed by atoms with Crippen molar-refractivity contribution in [3.05, 3.63) is 0 Å². The molecule has 0 saturated carbocycles. The molecule has 0 fully saturated rings. The fourth-order valence-corrected chi connectivity index (χ4v) is 1.34. The highest BCUT2D eigenvalue weighted by atomic mass is 31.2. The van der Waals surface area contributed by atoms with Crippen molar-refractivity contribution in [1.29, 1.82) is 10.5 Å². The monoisotopic (exact) mass is 189 g/mol. The van der Waals surface area contributed by atoms with Gasteiger partial charge in [0.1, 0.15) is 6.29 Å². The van der Waals surface area contributed by atoms with Gasteiger partial charge < -0.3 is 9.79 Å². The smallest absolute Gasteiger partial charge is 0.324 e. The average molecular weight is 189 g/mol. The van der Waals surface area contributed by atoms with Gasteiger partial charge in [0.15, 0.2) is 0 Å². The Kier molecular flexibility index (Phi) is 4.50. The predicted octanol–water partition coefficient (Wildman–Crippen LogP) is -0.529. The van der Waals surface area contributed by atoms with Crippen LogP contribution >= 0.6 is 7.60 Å². The van der Waals surface area contributed by atoms with Gasteiger partial charge >= 0.3 is 7.60 Å². The van der Waals surface area contributed by atoms with Crippen molar-refractivity contribution in [3.63, 3.8) is 0 Å². The Balaban J connectivity index is 4.08. The first-order valence-corrected chi connectivity index (χ1v) is 4.80. The molecule has 6 nitrogen and oxygen atoms in total. The van der Waals surface area contributed by atoms with Crippen molar-refractivity contribution < 1.29 is 14.4 Å². The SMILES string of the molecule is N#CCN(CC#N)CP(=O)(O)O. The molecular weight excluding hydrogens is 181 g/mol. The number of nitrogens with zero attached hydrogens (tertiary/aromatic N) is 3. The fraction of sp³-hybridized carbons (Fsp3) is 0.600. The highest BCUT2D eigenvalue weighted by Gasteiger charge is 2.18. The van der Waals surface area contributed by atoms with Gasteiger partial charge in [0.25, 0.3) is 0 Å². The van der Waals surface area contributed by atoms with Crippen molar-refractivity contribution in [3.8, 4) is 12.1 Å². The second-order valence-electron chi connectivity index (χ2n) is 2.11. The first-order valence-electron chi connectivity index (χ1n) is 3.00. The molecular formula is C5H8N3O3P. The normalized spacial score (nSPS) is 10.8. The molecule has 0 aromatic rings. The first kappa shape index (κ1) is 11.1. The third kappa shape index (κ3) is 5.84. The topological polar surface area (TPSA) is 108 Å². The highest BCUT2D eigenvalue weighted by molar-refractivity contribution is 7.51. The summed E-state index contributed by atoms with van der Waals surface area (Å²) in [4.78, 5) is 18.1. The average Bonchev–Trinajstić information content (AvgIpc) is 1.84. The molecule has 0 spiro atoms. The van der Waals surface area contributed by atoms with E-state index in [0.29, 0.717) is 0 Å². The Hall–Kier alpha value is -0.910. The quantitative estimate of drug-likeness (QED) is 0.454. The van der Waals surface area contributed by atoms with Crippen molar-refractivity contribution in [1.82, 2.24) is 4.90 Å². The van der Waals surface area contributed by atoms with Crippen LogP contribution in [0, 0.1) is 22.7 Å². The maximum Gasteiger partial charge on any atom is 0.339 e.